The Balaban J connectivity index is 1.66. The van der Waals surface area contributed by atoms with E-state index in [0.29, 0.717) is 23.1 Å². The Bertz CT molecular complexity index is 1500. The third kappa shape index (κ3) is 5.89. The second kappa shape index (κ2) is 11.1. The highest BCUT2D eigenvalue weighted by Gasteiger charge is 2.37. The highest BCUT2D eigenvalue weighted by atomic mass is 35.5. The first-order chi connectivity index (χ1) is 18.3. The lowest BCUT2D eigenvalue weighted by atomic mass is 9.64. The molecule has 0 saturated heterocycles. The smallest absolute Gasteiger partial charge is 0.229 e. The third-order valence-electron chi connectivity index (χ3n) is 7.51. The summed E-state index contributed by atoms with van der Waals surface area (Å²) in [6.45, 7) is 9.64. The number of anilines is 4. The van der Waals surface area contributed by atoms with Crippen LogP contribution < -0.4 is 15.4 Å². The fraction of sp³-hybridized carbons (Fsp3) is 0.414. The van der Waals surface area contributed by atoms with Crippen molar-refractivity contribution in [1.82, 2.24) is 9.97 Å². The van der Waals surface area contributed by atoms with E-state index in [2.05, 4.69) is 46.6 Å². The van der Waals surface area contributed by atoms with Crippen molar-refractivity contribution in [2.75, 3.05) is 17.7 Å². The summed E-state index contributed by atoms with van der Waals surface area (Å²) in [5.41, 5.74) is 4.17. The summed E-state index contributed by atoms with van der Waals surface area (Å²) in [6.07, 6.45) is 4.17. The maximum absolute atomic E-state index is 12.9. The van der Waals surface area contributed by atoms with Crippen molar-refractivity contribution in [3.05, 3.63) is 58.7 Å². The summed E-state index contributed by atoms with van der Waals surface area (Å²) >= 11 is 6.41. The van der Waals surface area contributed by atoms with Crippen LogP contribution in [0.15, 0.2) is 47.5 Å². The molecule has 2 aromatic carbocycles. The number of aromatic nitrogens is 2. The fourth-order valence-electron chi connectivity index (χ4n) is 5.17. The van der Waals surface area contributed by atoms with Gasteiger partial charge < -0.3 is 20.8 Å². The number of nitrogens with one attached hydrogen (secondary N) is 3. The highest BCUT2D eigenvalue weighted by Crippen LogP contribution is 2.46. The molecule has 0 amide bonds. The number of sulfone groups is 1. The molecular formula is C29H36ClN5O3S. The van der Waals surface area contributed by atoms with E-state index in [0.717, 1.165) is 24.9 Å². The van der Waals surface area contributed by atoms with Gasteiger partial charge in [-0.15, -0.1) is 0 Å². The number of hydrogen-bond donors (Lipinski definition) is 3. The van der Waals surface area contributed by atoms with E-state index in [1.54, 1.807) is 45.2 Å². The van der Waals surface area contributed by atoms with Gasteiger partial charge in [-0.1, -0.05) is 37.6 Å². The van der Waals surface area contributed by atoms with E-state index < -0.39 is 15.1 Å². The molecule has 1 aliphatic rings. The fourth-order valence-corrected chi connectivity index (χ4v) is 6.51. The van der Waals surface area contributed by atoms with Crippen LogP contribution in [0, 0.1) is 11.3 Å². The van der Waals surface area contributed by atoms with E-state index in [4.69, 9.17) is 21.7 Å². The Morgan fingerprint density at radius 3 is 2.59 bits per heavy atom. The Kier molecular flexibility index (Phi) is 8.23. The van der Waals surface area contributed by atoms with Crippen molar-refractivity contribution in [3.63, 3.8) is 0 Å². The van der Waals surface area contributed by atoms with Crippen LogP contribution in [-0.2, 0) is 21.7 Å². The molecule has 8 nitrogen and oxygen atoms in total. The summed E-state index contributed by atoms with van der Waals surface area (Å²) < 4.78 is 31.5. The molecule has 1 atom stereocenters. The Hall–Kier alpha value is -3.17. The Morgan fingerprint density at radius 2 is 1.92 bits per heavy atom. The first-order valence-corrected chi connectivity index (χ1v) is 14.9. The minimum Gasteiger partial charge on any atom is -0.495 e. The molecule has 0 radical (unpaired) electrons. The minimum atomic E-state index is -3.53. The van der Waals surface area contributed by atoms with Gasteiger partial charge in [0, 0.05) is 5.71 Å². The number of nitrogens with zero attached hydrogens (tertiary/aromatic N) is 2. The number of benzene rings is 2. The van der Waals surface area contributed by atoms with Gasteiger partial charge in [0.25, 0.3) is 0 Å². The van der Waals surface area contributed by atoms with Gasteiger partial charge >= 0.3 is 0 Å². The van der Waals surface area contributed by atoms with Crippen molar-refractivity contribution < 1.29 is 13.2 Å². The second-order valence-corrected chi connectivity index (χ2v) is 13.8. The van der Waals surface area contributed by atoms with Gasteiger partial charge in [0.2, 0.25) is 5.95 Å². The quantitative estimate of drug-likeness (QED) is 0.236. The van der Waals surface area contributed by atoms with Crippen molar-refractivity contribution >= 4 is 50.3 Å². The molecule has 0 aliphatic heterocycles. The largest absolute Gasteiger partial charge is 0.495 e. The first kappa shape index (κ1) is 28.8. The van der Waals surface area contributed by atoms with Gasteiger partial charge in [0.15, 0.2) is 15.7 Å². The maximum Gasteiger partial charge on any atom is 0.229 e. The molecule has 1 unspecified atom stereocenters. The van der Waals surface area contributed by atoms with Gasteiger partial charge in [-0.05, 0) is 86.8 Å². The van der Waals surface area contributed by atoms with Gasteiger partial charge in [-0.25, -0.2) is 13.4 Å². The van der Waals surface area contributed by atoms with E-state index in [9.17, 15) is 8.42 Å². The second-order valence-electron chi connectivity index (χ2n) is 10.9. The van der Waals surface area contributed by atoms with Crippen LogP contribution in [-0.4, -0.2) is 36.5 Å². The van der Waals surface area contributed by atoms with Crippen LogP contribution in [0.3, 0.4) is 0 Å². The van der Waals surface area contributed by atoms with Gasteiger partial charge in [-0.2, -0.15) is 4.98 Å². The highest BCUT2D eigenvalue weighted by molar-refractivity contribution is 7.92. The summed E-state index contributed by atoms with van der Waals surface area (Å²) in [6, 6.07) is 10.8. The standard InChI is InChI=1S/C29H36ClN5O3S/c1-17(2)39(36,37)26-10-8-7-9-23(26)33-27-22(30)16-32-28(35-27)34-24-14-19-11-12-20(13-18(3)31)29(4,5)21(19)15-25(24)38-6/h7-10,14-17,20,31H,11-13H2,1-6H3,(H2,32,33,34,35). The summed E-state index contributed by atoms with van der Waals surface area (Å²) in [5, 5.41) is 14.0. The van der Waals surface area contributed by atoms with Crippen LogP contribution >= 0.6 is 11.6 Å². The van der Waals surface area contributed by atoms with Crippen LogP contribution in [0.4, 0.5) is 23.1 Å². The summed E-state index contributed by atoms with van der Waals surface area (Å²) in [4.78, 5) is 9.08. The SMILES string of the molecule is COc1cc2c(cc1Nc1ncc(Cl)c(Nc3ccccc3S(=O)(=O)C(C)C)n1)CCC(CC(C)=N)C2(C)C. The Morgan fingerprint density at radius 1 is 1.21 bits per heavy atom. The number of rotatable bonds is 9. The predicted molar refractivity (Wildman–Crippen MR) is 158 cm³/mol. The molecule has 0 saturated carbocycles. The lowest BCUT2D eigenvalue weighted by Gasteiger charge is -2.41. The molecule has 1 heterocycles. The van der Waals surface area contributed by atoms with Crippen molar-refractivity contribution in [3.8, 4) is 5.75 Å². The molecule has 0 fully saturated rings. The van der Waals surface area contributed by atoms with E-state index in [1.165, 1.54) is 17.3 Å². The summed E-state index contributed by atoms with van der Waals surface area (Å²) in [7, 11) is -1.90. The lowest BCUT2D eigenvalue weighted by molar-refractivity contribution is 0.284. The molecule has 3 N–H and O–H groups in total. The topological polar surface area (TPSA) is 117 Å². The number of methoxy groups -OCH3 is 1. The molecule has 10 heteroatoms. The number of ether oxygens (including phenoxy) is 1. The minimum absolute atomic E-state index is 0.0979. The molecular weight excluding hydrogens is 534 g/mol. The van der Waals surface area contributed by atoms with E-state index in [-0.39, 0.29) is 27.1 Å². The van der Waals surface area contributed by atoms with Crippen LogP contribution in [0.2, 0.25) is 5.02 Å². The van der Waals surface area contributed by atoms with E-state index in [1.807, 2.05) is 6.92 Å². The molecule has 3 aromatic rings. The zero-order valence-electron chi connectivity index (χ0n) is 23.2. The maximum atomic E-state index is 12.9. The molecule has 4 rings (SSSR count). The molecule has 1 aliphatic carbocycles. The number of hydrogen-bond acceptors (Lipinski definition) is 8. The van der Waals surface area contributed by atoms with Crippen LogP contribution in [0.5, 0.6) is 5.75 Å². The van der Waals surface area contributed by atoms with Gasteiger partial charge in [0.05, 0.1) is 34.8 Å². The molecule has 39 heavy (non-hydrogen) atoms. The monoisotopic (exact) mass is 569 g/mol. The van der Waals surface area contributed by atoms with E-state index >= 15 is 0 Å². The van der Waals surface area contributed by atoms with Crippen LogP contribution in [0.1, 0.15) is 58.6 Å². The molecule has 0 spiro atoms. The molecule has 1 aromatic heterocycles. The Labute approximate surface area is 236 Å². The summed E-state index contributed by atoms with van der Waals surface area (Å²) in [5.74, 6) is 1.62. The third-order valence-corrected chi connectivity index (χ3v) is 10.00. The first-order valence-electron chi connectivity index (χ1n) is 13.0. The normalized spacial score (nSPS) is 16.5. The van der Waals surface area contributed by atoms with Crippen LogP contribution in [0.25, 0.3) is 0 Å². The zero-order chi connectivity index (χ0) is 28.5. The lowest BCUT2D eigenvalue weighted by Crippen LogP contribution is -2.35. The number of fused-ring (bicyclic) bond motifs is 1. The number of aryl methyl sites for hydroxylation is 1. The number of halogens is 1. The molecule has 208 valence electrons. The van der Waals surface area contributed by atoms with Gasteiger partial charge in [-0.3, -0.25) is 0 Å². The predicted octanol–water partition coefficient (Wildman–Crippen LogP) is 7.08. The van der Waals surface area contributed by atoms with Crippen molar-refractivity contribution in [2.45, 2.75) is 69.4 Å². The van der Waals surface area contributed by atoms with Crippen molar-refractivity contribution in [2.24, 2.45) is 5.92 Å². The number of para-hydroxylation sites is 1. The zero-order valence-corrected chi connectivity index (χ0v) is 24.8. The van der Waals surface area contributed by atoms with Crippen molar-refractivity contribution in [1.29, 1.82) is 5.41 Å². The van der Waals surface area contributed by atoms with Gasteiger partial charge in [0.1, 0.15) is 10.8 Å². The molecule has 0 bridgehead atoms. The average molecular weight is 570 g/mol. The average Bonchev–Trinajstić information content (AvgIpc) is 2.87.